The van der Waals surface area contributed by atoms with Crippen LogP contribution in [0.2, 0.25) is 0 Å². The molecule has 0 heterocycles. The maximum Gasteiger partial charge on any atom is 0.126 e. The lowest BCUT2D eigenvalue weighted by Crippen LogP contribution is -2.10. The molecule has 0 saturated carbocycles. The number of aliphatic imine (C=N–C) groups is 2. The highest BCUT2D eigenvalue weighted by Crippen LogP contribution is 2.00. The summed E-state index contributed by atoms with van der Waals surface area (Å²) in [6, 6.07) is 0. The molecule has 0 aromatic heterocycles. The topological polar surface area (TPSA) is 36.8 Å². The van der Waals surface area contributed by atoms with Gasteiger partial charge in [-0.1, -0.05) is 19.6 Å². The van der Waals surface area contributed by atoms with Crippen molar-refractivity contribution in [3.8, 4) is 0 Å². The third kappa shape index (κ3) is 4.95. The van der Waals surface area contributed by atoms with E-state index in [4.69, 9.17) is 0 Å². The molecular weight excluding hydrogens is 162 g/mol. The van der Waals surface area contributed by atoms with Crippen LogP contribution in [0, 0.1) is 0 Å². The molecule has 13 heavy (non-hydrogen) atoms. The van der Waals surface area contributed by atoms with E-state index in [1.54, 1.807) is 6.92 Å². The van der Waals surface area contributed by atoms with Crippen molar-refractivity contribution in [3.05, 3.63) is 24.2 Å². The van der Waals surface area contributed by atoms with E-state index in [0.29, 0.717) is 11.7 Å². The van der Waals surface area contributed by atoms with Gasteiger partial charge in [-0.3, -0.25) is 0 Å². The third-order valence-electron chi connectivity index (χ3n) is 1.56. The zero-order chi connectivity index (χ0) is 10.3. The van der Waals surface area contributed by atoms with E-state index in [0.717, 1.165) is 12.1 Å². The van der Waals surface area contributed by atoms with Crippen LogP contribution in [0.4, 0.5) is 0 Å². The molecule has 72 valence electrons. The Hall–Kier alpha value is -1.38. The third-order valence-corrected chi connectivity index (χ3v) is 1.56. The maximum atomic E-state index is 4.07. The van der Waals surface area contributed by atoms with E-state index in [1.165, 1.54) is 0 Å². The van der Waals surface area contributed by atoms with Gasteiger partial charge in [-0.2, -0.15) is 0 Å². The van der Waals surface area contributed by atoms with Crippen LogP contribution in [0.15, 0.2) is 34.2 Å². The van der Waals surface area contributed by atoms with E-state index in [1.807, 2.05) is 13.0 Å². The van der Waals surface area contributed by atoms with Gasteiger partial charge in [0.1, 0.15) is 11.7 Å². The molecular formula is C10H17N3. The van der Waals surface area contributed by atoms with Gasteiger partial charge in [0.2, 0.25) is 0 Å². The highest BCUT2D eigenvalue weighted by Gasteiger charge is 1.93. The van der Waals surface area contributed by atoms with Crippen LogP contribution in [0.1, 0.15) is 27.2 Å². The van der Waals surface area contributed by atoms with E-state index >= 15 is 0 Å². The predicted molar refractivity (Wildman–Crippen MR) is 59.0 cm³/mol. The number of allylic oxidation sites excluding steroid dienone is 2. The smallest absolute Gasteiger partial charge is 0.126 e. The molecule has 0 aromatic rings. The average Bonchev–Trinajstić information content (AvgIpc) is 2.13. The van der Waals surface area contributed by atoms with Crippen LogP contribution < -0.4 is 5.32 Å². The van der Waals surface area contributed by atoms with Gasteiger partial charge in [-0.25, -0.2) is 9.98 Å². The molecule has 0 aliphatic carbocycles. The second kappa shape index (κ2) is 6.17. The first kappa shape index (κ1) is 11.6. The predicted octanol–water partition coefficient (Wildman–Crippen LogP) is 2.48. The summed E-state index contributed by atoms with van der Waals surface area (Å²) in [5.41, 5.74) is 1.10. The minimum Gasteiger partial charge on any atom is -0.345 e. The highest BCUT2D eigenvalue weighted by atomic mass is 15.1. The van der Waals surface area contributed by atoms with Crippen LogP contribution in [-0.2, 0) is 0 Å². The van der Waals surface area contributed by atoms with Crippen molar-refractivity contribution in [3.63, 3.8) is 0 Å². The molecule has 0 amide bonds. The first-order chi connectivity index (χ1) is 6.13. The number of hydrogen-bond donors (Lipinski definition) is 1. The van der Waals surface area contributed by atoms with Crippen molar-refractivity contribution in [2.24, 2.45) is 9.98 Å². The second-order valence-corrected chi connectivity index (χ2v) is 2.56. The first-order valence-corrected chi connectivity index (χ1v) is 4.27. The van der Waals surface area contributed by atoms with Crippen molar-refractivity contribution in [1.29, 1.82) is 0 Å². The van der Waals surface area contributed by atoms with Gasteiger partial charge >= 0.3 is 0 Å². The molecule has 0 saturated heterocycles. The lowest BCUT2D eigenvalue weighted by atomic mass is 10.3. The minimum absolute atomic E-state index is 0.597. The number of nitrogens with zero attached hydrogens (tertiary/aromatic N) is 2. The van der Waals surface area contributed by atoms with Crippen molar-refractivity contribution in [2.75, 3.05) is 0 Å². The Morgan fingerprint density at radius 3 is 2.54 bits per heavy atom. The Morgan fingerprint density at radius 2 is 2.15 bits per heavy atom. The van der Waals surface area contributed by atoms with Gasteiger partial charge in [0, 0.05) is 5.70 Å². The summed E-state index contributed by atoms with van der Waals surface area (Å²) in [6.45, 7) is 12.9. The molecule has 3 nitrogen and oxygen atoms in total. The number of rotatable bonds is 4. The second-order valence-electron chi connectivity index (χ2n) is 2.56. The van der Waals surface area contributed by atoms with Crippen molar-refractivity contribution in [2.45, 2.75) is 27.2 Å². The average molecular weight is 179 g/mol. The van der Waals surface area contributed by atoms with E-state index in [9.17, 15) is 0 Å². The number of amidine groups is 1. The molecule has 0 aliphatic rings. The SMILES string of the molecule is C=N/C(C)=N\C(=C)N/C(=C/C)CC. The lowest BCUT2D eigenvalue weighted by molar-refractivity contribution is 0.878. The van der Waals surface area contributed by atoms with Crippen LogP contribution in [0.5, 0.6) is 0 Å². The summed E-state index contributed by atoms with van der Waals surface area (Å²) in [4.78, 5) is 7.74. The van der Waals surface area contributed by atoms with Gasteiger partial charge < -0.3 is 5.32 Å². The number of hydrogen-bond acceptors (Lipinski definition) is 2. The molecule has 0 rings (SSSR count). The molecule has 0 aliphatic heterocycles. The van der Waals surface area contributed by atoms with E-state index in [2.05, 4.69) is 35.5 Å². The fourth-order valence-electron chi connectivity index (χ4n) is 0.809. The Labute approximate surface area is 80.0 Å². The van der Waals surface area contributed by atoms with Crippen molar-refractivity contribution >= 4 is 12.6 Å². The molecule has 1 N–H and O–H groups in total. The fraction of sp³-hybridized carbons (Fsp3) is 0.400. The van der Waals surface area contributed by atoms with Crippen LogP contribution in [0.25, 0.3) is 0 Å². The Bertz CT molecular complexity index is 249. The fourth-order valence-corrected chi connectivity index (χ4v) is 0.809. The van der Waals surface area contributed by atoms with Crippen molar-refractivity contribution < 1.29 is 0 Å². The Balaban J connectivity index is 4.24. The normalized spacial score (nSPS) is 12.5. The standard InChI is InChI=1S/C10H17N3/c1-6-10(7-2)13-9(4)12-8(3)11-5/h6,13H,4-5,7H2,1-3H3/b10-6+,12-8-. The van der Waals surface area contributed by atoms with E-state index < -0.39 is 0 Å². The molecule has 0 unspecified atom stereocenters. The van der Waals surface area contributed by atoms with Crippen LogP contribution in [0.3, 0.4) is 0 Å². The van der Waals surface area contributed by atoms with Gasteiger partial charge in [-0.05, 0) is 27.0 Å². The summed E-state index contributed by atoms with van der Waals surface area (Å²) < 4.78 is 0. The maximum absolute atomic E-state index is 4.07. The molecule has 0 spiro atoms. The zero-order valence-electron chi connectivity index (χ0n) is 8.59. The molecule has 0 fully saturated rings. The summed E-state index contributed by atoms with van der Waals surface area (Å²) in [5.74, 6) is 1.21. The quantitative estimate of drug-likeness (QED) is 0.522. The van der Waals surface area contributed by atoms with Crippen molar-refractivity contribution in [1.82, 2.24) is 5.32 Å². The lowest BCUT2D eigenvalue weighted by Gasteiger charge is -2.07. The summed E-state index contributed by atoms with van der Waals surface area (Å²) in [6.07, 6.45) is 2.93. The van der Waals surface area contributed by atoms with Crippen LogP contribution in [-0.4, -0.2) is 12.6 Å². The molecule has 0 aromatic carbocycles. The largest absolute Gasteiger partial charge is 0.345 e. The van der Waals surface area contributed by atoms with Gasteiger partial charge in [0.25, 0.3) is 0 Å². The summed E-state index contributed by atoms with van der Waals surface area (Å²) in [7, 11) is 0. The Morgan fingerprint density at radius 1 is 1.54 bits per heavy atom. The van der Waals surface area contributed by atoms with Gasteiger partial charge in [-0.15, -0.1) is 0 Å². The summed E-state index contributed by atoms with van der Waals surface area (Å²) >= 11 is 0. The van der Waals surface area contributed by atoms with Crippen LogP contribution >= 0.6 is 0 Å². The Kier molecular flexibility index (Phi) is 5.52. The number of nitrogens with one attached hydrogen (secondary N) is 1. The first-order valence-electron chi connectivity index (χ1n) is 4.27. The molecule has 0 radical (unpaired) electrons. The zero-order valence-corrected chi connectivity index (χ0v) is 8.59. The van der Waals surface area contributed by atoms with E-state index in [-0.39, 0.29) is 0 Å². The molecule has 3 heteroatoms. The molecule has 0 atom stereocenters. The molecule has 0 bridgehead atoms. The minimum atomic E-state index is 0.597. The summed E-state index contributed by atoms with van der Waals surface area (Å²) in [5, 5.41) is 3.07. The monoisotopic (exact) mass is 179 g/mol. The van der Waals surface area contributed by atoms with Gasteiger partial charge in [0.05, 0.1) is 0 Å². The highest BCUT2D eigenvalue weighted by molar-refractivity contribution is 5.84. The van der Waals surface area contributed by atoms with Gasteiger partial charge in [0.15, 0.2) is 0 Å².